The number of hydrogen-bond donors (Lipinski definition) is 0. The Hall–Kier alpha value is 0.0200. The van der Waals surface area contributed by atoms with Gasteiger partial charge in [0.2, 0.25) is 0 Å². The second kappa shape index (κ2) is 0.808. The largest absolute Gasteiger partial charge is 0.282 e. The molecular formula is C4H5NS. The molecule has 1 aliphatic carbocycles. The van der Waals surface area contributed by atoms with Crippen molar-refractivity contribution < 1.29 is 0 Å². The second-order valence-electron chi connectivity index (χ2n) is 1.73. The van der Waals surface area contributed by atoms with Gasteiger partial charge in [-0.3, -0.25) is 4.99 Å². The number of aliphatic imine (C=N–C) groups is 1. The van der Waals surface area contributed by atoms with E-state index in [2.05, 4.69) is 4.99 Å². The number of fused-ring (bicyclic) bond motifs is 1. The first kappa shape index (κ1) is 3.08. The fourth-order valence-electron chi connectivity index (χ4n) is 0.654. The van der Waals surface area contributed by atoms with Crippen LogP contribution in [-0.4, -0.2) is 16.8 Å². The zero-order chi connectivity index (χ0) is 3.98. The van der Waals surface area contributed by atoms with Crippen LogP contribution in [0.4, 0.5) is 0 Å². The van der Waals surface area contributed by atoms with Gasteiger partial charge in [0.25, 0.3) is 0 Å². The summed E-state index contributed by atoms with van der Waals surface area (Å²) in [4.78, 5) is 4.15. The van der Waals surface area contributed by atoms with Crippen molar-refractivity contribution in [2.75, 3.05) is 0 Å². The molecule has 0 N–H and O–H groups in total. The smallest absolute Gasteiger partial charge is 0.0640 e. The van der Waals surface area contributed by atoms with Gasteiger partial charge in [-0.2, -0.15) is 0 Å². The molecule has 1 aliphatic heterocycles. The lowest BCUT2D eigenvalue weighted by atomic mass is 10.8. The summed E-state index contributed by atoms with van der Waals surface area (Å²) in [5.41, 5.74) is 1.97. The molecule has 2 rings (SSSR count). The first-order chi connectivity index (χ1) is 2.97. The summed E-state index contributed by atoms with van der Waals surface area (Å²) in [6, 6.07) is 0.745. The van der Waals surface area contributed by atoms with Gasteiger partial charge in [0, 0.05) is 5.25 Å². The van der Waals surface area contributed by atoms with Crippen LogP contribution >= 0.6 is 11.8 Å². The quantitative estimate of drug-likeness (QED) is 0.439. The van der Waals surface area contributed by atoms with Crippen LogP contribution in [0.5, 0.6) is 0 Å². The average molecular weight is 99.2 g/mol. The molecule has 2 aliphatic rings. The Morgan fingerprint density at radius 1 is 1.83 bits per heavy atom. The van der Waals surface area contributed by atoms with E-state index in [1.54, 1.807) is 0 Å². The van der Waals surface area contributed by atoms with Crippen molar-refractivity contribution in [3.8, 4) is 0 Å². The SMILES string of the molecule is C1=NC2CC2S1. The molecule has 6 heavy (non-hydrogen) atoms. The number of thioether (sulfide) groups is 1. The number of hydrogen-bond acceptors (Lipinski definition) is 2. The summed E-state index contributed by atoms with van der Waals surface area (Å²) in [5.74, 6) is 0. The van der Waals surface area contributed by atoms with Crippen LogP contribution in [0, 0.1) is 0 Å². The molecule has 0 aromatic rings. The van der Waals surface area contributed by atoms with E-state index in [1.807, 2.05) is 17.3 Å². The molecule has 0 bridgehead atoms. The molecule has 1 nitrogen and oxygen atoms in total. The van der Waals surface area contributed by atoms with Gasteiger partial charge in [0.05, 0.1) is 11.6 Å². The topological polar surface area (TPSA) is 12.4 Å². The van der Waals surface area contributed by atoms with E-state index >= 15 is 0 Å². The van der Waals surface area contributed by atoms with E-state index < -0.39 is 0 Å². The number of rotatable bonds is 0. The highest BCUT2D eigenvalue weighted by Gasteiger charge is 2.39. The lowest BCUT2D eigenvalue weighted by molar-refractivity contribution is 1.10. The minimum absolute atomic E-state index is 0.745. The molecule has 1 fully saturated rings. The Morgan fingerprint density at radius 2 is 2.83 bits per heavy atom. The molecule has 2 heteroatoms. The minimum atomic E-state index is 0.745. The van der Waals surface area contributed by atoms with Crippen molar-refractivity contribution in [1.29, 1.82) is 0 Å². The fraction of sp³-hybridized carbons (Fsp3) is 0.750. The van der Waals surface area contributed by atoms with Crippen LogP contribution < -0.4 is 0 Å². The third-order valence-electron chi connectivity index (χ3n) is 1.19. The van der Waals surface area contributed by atoms with E-state index in [1.165, 1.54) is 6.42 Å². The maximum Gasteiger partial charge on any atom is 0.0640 e. The fourth-order valence-corrected chi connectivity index (χ4v) is 1.60. The van der Waals surface area contributed by atoms with Crippen molar-refractivity contribution in [3.63, 3.8) is 0 Å². The summed E-state index contributed by atoms with van der Waals surface area (Å²) in [6.45, 7) is 0. The molecule has 0 aromatic heterocycles. The van der Waals surface area contributed by atoms with Gasteiger partial charge in [-0.15, -0.1) is 11.8 Å². The Morgan fingerprint density at radius 3 is 3.00 bits per heavy atom. The van der Waals surface area contributed by atoms with Crippen molar-refractivity contribution >= 4 is 17.3 Å². The first-order valence-corrected chi connectivity index (χ1v) is 3.08. The van der Waals surface area contributed by atoms with Crippen molar-refractivity contribution in [2.24, 2.45) is 4.99 Å². The van der Waals surface area contributed by atoms with Crippen molar-refractivity contribution in [3.05, 3.63) is 0 Å². The minimum Gasteiger partial charge on any atom is -0.282 e. The van der Waals surface area contributed by atoms with Gasteiger partial charge in [-0.25, -0.2) is 0 Å². The van der Waals surface area contributed by atoms with Crippen molar-refractivity contribution in [1.82, 2.24) is 0 Å². The normalized spacial score (nSPS) is 49.3. The van der Waals surface area contributed by atoms with E-state index in [0.29, 0.717) is 0 Å². The summed E-state index contributed by atoms with van der Waals surface area (Å²) < 4.78 is 0. The lowest BCUT2D eigenvalue weighted by Gasteiger charge is -1.70. The lowest BCUT2D eigenvalue weighted by Crippen LogP contribution is -1.69. The molecule has 32 valence electrons. The molecular weight excluding hydrogens is 94.1 g/mol. The van der Waals surface area contributed by atoms with Crippen LogP contribution in [0.2, 0.25) is 0 Å². The van der Waals surface area contributed by atoms with Crippen LogP contribution in [-0.2, 0) is 0 Å². The molecule has 0 spiro atoms. The molecule has 2 atom stereocenters. The van der Waals surface area contributed by atoms with Crippen LogP contribution in [0.25, 0.3) is 0 Å². The van der Waals surface area contributed by atoms with Gasteiger partial charge in [0.15, 0.2) is 0 Å². The molecule has 1 saturated carbocycles. The van der Waals surface area contributed by atoms with Crippen LogP contribution in [0.1, 0.15) is 6.42 Å². The zero-order valence-corrected chi connectivity index (χ0v) is 4.11. The van der Waals surface area contributed by atoms with Gasteiger partial charge in [0.1, 0.15) is 0 Å². The van der Waals surface area contributed by atoms with Gasteiger partial charge in [-0.05, 0) is 6.42 Å². The van der Waals surface area contributed by atoms with E-state index in [-0.39, 0.29) is 0 Å². The monoisotopic (exact) mass is 99.0 g/mol. The molecule has 2 unspecified atom stereocenters. The standard InChI is InChI=1S/C4H5NS/c1-3-4(1)6-2-5-3/h2-4H,1H2. The summed E-state index contributed by atoms with van der Waals surface area (Å²) in [5, 5.41) is 0.907. The van der Waals surface area contributed by atoms with Crippen molar-refractivity contribution in [2.45, 2.75) is 17.7 Å². The van der Waals surface area contributed by atoms with Crippen LogP contribution in [0.3, 0.4) is 0 Å². The predicted octanol–water partition coefficient (Wildman–Crippen LogP) is 0.902. The maximum atomic E-state index is 4.15. The Kier molecular flexibility index (Phi) is 0.415. The maximum absolute atomic E-state index is 4.15. The Bertz CT molecular complexity index is 99.7. The first-order valence-electron chi connectivity index (χ1n) is 2.14. The highest BCUT2D eigenvalue weighted by Crippen LogP contribution is 2.41. The predicted molar refractivity (Wildman–Crippen MR) is 28.3 cm³/mol. The zero-order valence-electron chi connectivity index (χ0n) is 3.29. The third kappa shape index (κ3) is 0.254. The highest BCUT2D eigenvalue weighted by atomic mass is 32.2. The number of nitrogens with zero attached hydrogens (tertiary/aromatic N) is 1. The average Bonchev–Trinajstić information content (AvgIpc) is 2.17. The molecule has 0 saturated heterocycles. The highest BCUT2D eigenvalue weighted by molar-refractivity contribution is 8.13. The summed E-state index contributed by atoms with van der Waals surface area (Å²) in [6.07, 6.45) is 1.35. The summed E-state index contributed by atoms with van der Waals surface area (Å²) >= 11 is 1.88. The Labute approximate surface area is 40.8 Å². The van der Waals surface area contributed by atoms with E-state index in [4.69, 9.17) is 0 Å². The third-order valence-corrected chi connectivity index (χ3v) is 2.29. The van der Waals surface area contributed by atoms with Crippen LogP contribution in [0.15, 0.2) is 4.99 Å². The Balaban J connectivity index is 2.26. The van der Waals surface area contributed by atoms with E-state index in [9.17, 15) is 0 Å². The molecule has 1 heterocycles. The molecule has 0 aromatic carbocycles. The van der Waals surface area contributed by atoms with E-state index in [0.717, 1.165) is 11.3 Å². The summed E-state index contributed by atoms with van der Waals surface area (Å²) in [7, 11) is 0. The van der Waals surface area contributed by atoms with Gasteiger partial charge < -0.3 is 0 Å². The molecule has 0 amide bonds. The molecule has 0 radical (unpaired) electrons. The second-order valence-corrected chi connectivity index (χ2v) is 2.82. The van der Waals surface area contributed by atoms with Gasteiger partial charge >= 0.3 is 0 Å². The van der Waals surface area contributed by atoms with Gasteiger partial charge in [-0.1, -0.05) is 0 Å².